The van der Waals surface area contributed by atoms with E-state index in [2.05, 4.69) is 10.1 Å². The number of carbonyl (C=O) groups is 1. The van der Waals surface area contributed by atoms with Gasteiger partial charge in [0.05, 0.1) is 12.8 Å². The van der Waals surface area contributed by atoms with Gasteiger partial charge in [0.25, 0.3) is 0 Å². The van der Waals surface area contributed by atoms with Crippen molar-refractivity contribution in [1.29, 1.82) is 0 Å². The highest BCUT2D eigenvalue weighted by Crippen LogP contribution is 2.21. The number of hydrogen-bond donors (Lipinski definition) is 0. The number of rotatable bonds is 4. The predicted molar refractivity (Wildman–Crippen MR) is 45.0 cm³/mol. The maximum absolute atomic E-state index is 11.8. The highest BCUT2D eigenvalue weighted by Gasteiger charge is 2.27. The van der Waals surface area contributed by atoms with E-state index in [1.54, 1.807) is 7.05 Å². The molecular formula is C8H10F3N3O. The van der Waals surface area contributed by atoms with Gasteiger partial charge in [0, 0.05) is 13.5 Å². The molecule has 0 N–H and O–H groups in total. The molecule has 84 valence electrons. The lowest BCUT2D eigenvalue weighted by Crippen LogP contribution is -2.14. The Labute approximate surface area is 84.1 Å². The van der Waals surface area contributed by atoms with Crippen molar-refractivity contribution < 1.29 is 18.0 Å². The number of carbonyl (C=O) groups excluding carboxylic acids is 1. The van der Waals surface area contributed by atoms with Crippen molar-refractivity contribution in [2.75, 3.05) is 0 Å². The summed E-state index contributed by atoms with van der Waals surface area (Å²) in [5, 5.41) is 3.71. The smallest absolute Gasteiger partial charge is 0.299 e. The van der Waals surface area contributed by atoms with Gasteiger partial charge in [-0.1, -0.05) is 0 Å². The average molecular weight is 221 g/mol. The van der Waals surface area contributed by atoms with Crippen molar-refractivity contribution in [3.63, 3.8) is 0 Å². The SMILES string of the molecule is Cn1ncnc1CC(=O)CCC(F)(F)F. The summed E-state index contributed by atoms with van der Waals surface area (Å²) < 4.78 is 36.7. The van der Waals surface area contributed by atoms with Crippen LogP contribution in [-0.2, 0) is 18.3 Å². The molecule has 0 bridgehead atoms. The molecule has 15 heavy (non-hydrogen) atoms. The van der Waals surface area contributed by atoms with Crippen LogP contribution in [0.5, 0.6) is 0 Å². The van der Waals surface area contributed by atoms with E-state index in [4.69, 9.17) is 0 Å². The van der Waals surface area contributed by atoms with Crippen LogP contribution in [0.4, 0.5) is 13.2 Å². The Morgan fingerprint density at radius 1 is 1.53 bits per heavy atom. The minimum Gasteiger partial charge on any atom is -0.299 e. The van der Waals surface area contributed by atoms with Crippen LogP contribution in [0.2, 0.25) is 0 Å². The molecule has 0 spiro atoms. The summed E-state index contributed by atoms with van der Waals surface area (Å²) in [4.78, 5) is 14.9. The van der Waals surface area contributed by atoms with E-state index in [-0.39, 0.29) is 6.42 Å². The van der Waals surface area contributed by atoms with Gasteiger partial charge in [0.15, 0.2) is 0 Å². The van der Waals surface area contributed by atoms with Crippen LogP contribution in [0.15, 0.2) is 6.33 Å². The van der Waals surface area contributed by atoms with Gasteiger partial charge in [0.1, 0.15) is 17.9 Å². The van der Waals surface area contributed by atoms with Crippen LogP contribution in [-0.4, -0.2) is 26.7 Å². The average Bonchev–Trinajstić information content (AvgIpc) is 2.47. The first-order valence-electron chi connectivity index (χ1n) is 4.30. The zero-order valence-corrected chi connectivity index (χ0v) is 8.08. The minimum atomic E-state index is -4.28. The fourth-order valence-corrected chi connectivity index (χ4v) is 1.03. The van der Waals surface area contributed by atoms with E-state index in [9.17, 15) is 18.0 Å². The van der Waals surface area contributed by atoms with E-state index in [1.165, 1.54) is 11.0 Å². The van der Waals surface area contributed by atoms with E-state index in [0.29, 0.717) is 5.82 Å². The topological polar surface area (TPSA) is 47.8 Å². The number of aryl methyl sites for hydroxylation is 1. The number of hydrogen-bond acceptors (Lipinski definition) is 3. The summed E-state index contributed by atoms with van der Waals surface area (Å²) in [7, 11) is 1.58. The first kappa shape index (κ1) is 11.7. The first-order valence-corrected chi connectivity index (χ1v) is 4.30. The Kier molecular flexibility index (Phi) is 3.43. The number of aromatic nitrogens is 3. The molecule has 1 aromatic heterocycles. The molecular weight excluding hydrogens is 211 g/mol. The molecule has 4 nitrogen and oxygen atoms in total. The molecule has 1 rings (SSSR count). The van der Waals surface area contributed by atoms with Crippen LogP contribution in [0.1, 0.15) is 18.7 Å². The molecule has 0 saturated carbocycles. The maximum Gasteiger partial charge on any atom is 0.389 e. The molecule has 0 atom stereocenters. The van der Waals surface area contributed by atoms with Gasteiger partial charge in [-0.2, -0.15) is 18.3 Å². The third kappa shape index (κ3) is 4.09. The van der Waals surface area contributed by atoms with Crippen molar-refractivity contribution >= 4 is 5.78 Å². The number of alkyl halides is 3. The predicted octanol–water partition coefficient (Wildman–Crippen LogP) is 1.27. The highest BCUT2D eigenvalue weighted by atomic mass is 19.4. The zero-order valence-electron chi connectivity index (χ0n) is 8.08. The fraction of sp³-hybridized carbons (Fsp3) is 0.625. The summed E-state index contributed by atoms with van der Waals surface area (Å²) in [6.45, 7) is 0. The minimum absolute atomic E-state index is 0.105. The summed E-state index contributed by atoms with van der Waals surface area (Å²) in [5.74, 6) is -0.106. The van der Waals surface area contributed by atoms with E-state index >= 15 is 0 Å². The van der Waals surface area contributed by atoms with Gasteiger partial charge < -0.3 is 0 Å². The lowest BCUT2D eigenvalue weighted by Gasteiger charge is -2.04. The van der Waals surface area contributed by atoms with Crippen molar-refractivity contribution in [2.24, 2.45) is 7.05 Å². The summed E-state index contributed by atoms with van der Waals surface area (Å²) in [6.07, 6.45) is -4.71. The van der Waals surface area contributed by atoms with Gasteiger partial charge in [-0.05, 0) is 0 Å². The number of ketones is 1. The maximum atomic E-state index is 11.8. The Balaban J connectivity index is 2.41. The molecule has 0 aliphatic rings. The molecule has 0 radical (unpaired) electrons. The van der Waals surface area contributed by atoms with Crippen molar-refractivity contribution in [3.8, 4) is 0 Å². The first-order chi connectivity index (χ1) is 6.88. The van der Waals surface area contributed by atoms with Crippen molar-refractivity contribution in [1.82, 2.24) is 14.8 Å². The lowest BCUT2D eigenvalue weighted by molar-refractivity contribution is -0.143. The number of halogens is 3. The van der Waals surface area contributed by atoms with Crippen molar-refractivity contribution in [3.05, 3.63) is 12.2 Å². The Bertz CT molecular complexity index is 345. The molecule has 0 unspecified atom stereocenters. The molecule has 0 aliphatic heterocycles. The third-order valence-electron chi connectivity index (χ3n) is 1.85. The van der Waals surface area contributed by atoms with Crippen LogP contribution >= 0.6 is 0 Å². The monoisotopic (exact) mass is 221 g/mol. The molecule has 0 saturated heterocycles. The second-order valence-corrected chi connectivity index (χ2v) is 3.13. The number of Topliss-reactive ketones (excluding diaryl/α,β-unsaturated/α-hetero) is 1. The van der Waals surface area contributed by atoms with E-state index in [1.807, 2.05) is 0 Å². The van der Waals surface area contributed by atoms with Crippen molar-refractivity contribution in [2.45, 2.75) is 25.4 Å². The van der Waals surface area contributed by atoms with E-state index < -0.39 is 24.8 Å². The van der Waals surface area contributed by atoms with Crippen LogP contribution in [0.25, 0.3) is 0 Å². The van der Waals surface area contributed by atoms with Crippen LogP contribution in [0, 0.1) is 0 Å². The van der Waals surface area contributed by atoms with Gasteiger partial charge in [-0.3, -0.25) is 9.48 Å². The van der Waals surface area contributed by atoms with Crippen LogP contribution in [0.3, 0.4) is 0 Å². The van der Waals surface area contributed by atoms with Gasteiger partial charge in [-0.15, -0.1) is 0 Å². The quantitative estimate of drug-likeness (QED) is 0.769. The second-order valence-electron chi connectivity index (χ2n) is 3.13. The largest absolute Gasteiger partial charge is 0.389 e. The summed E-state index contributed by atoms with van der Waals surface area (Å²) in [6, 6.07) is 0. The molecule has 0 aromatic carbocycles. The Hall–Kier alpha value is -1.40. The third-order valence-corrected chi connectivity index (χ3v) is 1.85. The molecule has 1 aromatic rings. The second kappa shape index (κ2) is 4.41. The van der Waals surface area contributed by atoms with Gasteiger partial charge in [-0.25, -0.2) is 4.98 Å². The highest BCUT2D eigenvalue weighted by molar-refractivity contribution is 5.80. The standard InChI is InChI=1S/C8H10F3N3O/c1-14-7(12-5-13-14)4-6(15)2-3-8(9,10)11/h5H,2-4H2,1H3. The summed E-state index contributed by atoms with van der Waals surface area (Å²) in [5.41, 5.74) is 0. The lowest BCUT2D eigenvalue weighted by atomic mass is 10.1. The molecule has 0 aliphatic carbocycles. The van der Waals surface area contributed by atoms with E-state index in [0.717, 1.165) is 0 Å². The normalized spacial score (nSPS) is 11.7. The fourth-order valence-electron chi connectivity index (χ4n) is 1.03. The molecule has 0 fully saturated rings. The number of nitrogens with zero attached hydrogens (tertiary/aromatic N) is 3. The van der Waals surface area contributed by atoms with Crippen LogP contribution < -0.4 is 0 Å². The molecule has 7 heteroatoms. The molecule has 1 heterocycles. The zero-order chi connectivity index (χ0) is 11.5. The Morgan fingerprint density at radius 2 is 2.20 bits per heavy atom. The Morgan fingerprint density at radius 3 is 2.67 bits per heavy atom. The van der Waals surface area contributed by atoms with Gasteiger partial charge in [0.2, 0.25) is 0 Å². The van der Waals surface area contributed by atoms with Gasteiger partial charge >= 0.3 is 6.18 Å². The summed E-state index contributed by atoms with van der Waals surface area (Å²) >= 11 is 0. The molecule has 0 amide bonds.